The highest BCUT2D eigenvalue weighted by Gasteiger charge is 2.28. The lowest BCUT2D eigenvalue weighted by atomic mass is 9.95. The SMILES string of the molecule is CN(C)c1nc(N)nc(COC(=O)c2c(NC(=O)c3cccnc3)sc3c2CCCC3)n1. The molecule has 0 unspecified atom stereocenters. The molecule has 0 aromatic carbocycles. The molecule has 0 atom stereocenters. The second-order valence-corrected chi connectivity index (χ2v) is 8.60. The summed E-state index contributed by atoms with van der Waals surface area (Å²) in [5.41, 5.74) is 7.50. The first-order chi connectivity index (χ1) is 15.4. The molecule has 0 fully saturated rings. The van der Waals surface area contributed by atoms with Gasteiger partial charge in [-0.25, -0.2) is 4.79 Å². The van der Waals surface area contributed by atoms with Crippen LogP contribution in [0.1, 0.15) is 49.8 Å². The van der Waals surface area contributed by atoms with E-state index in [0.29, 0.717) is 22.1 Å². The number of aromatic nitrogens is 4. The molecule has 4 rings (SSSR count). The summed E-state index contributed by atoms with van der Waals surface area (Å²) in [6.07, 6.45) is 6.75. The van der Waals surface area contributed by atoms with Crippen LogP contribution in [0.5, 0.6) is 0 Å². The van der Waals surface area contributed by atoms with Gasteiger partial charge in [0.2, 0.25) is 11.9 Å². The molecule has 3 aromatic rings. The van der Waals surface area contributed by atoms with Gasteiger partial charge in [-0.05, 0) is 43.4 Å². The number of carbonyl (C=O) groups is 2. The molecule has 1 amide bonds. The average molecular weight is 454 g/mol. The van der Waals surface area contributed by atoms with Crippen LogP contribution in [0.2, 0.25) is 0 Å². The van der Waals surface area contributed by atoms with E-state index in [1.54, 1.807) is 37.3 Å². The number of amides is 1. The molecule has 3 N–H and O–H groups in total. The Kier molecular flexibility index (Phi) is 6.26. The Morgan fingerprint density at radius 1 is 1.22 bits per heavy atom. The third-order valence-corrected chi connectivity index (χ3v) is 6.15. The standard InChI is InChI=1S/C21H23N7O3S/c1-28(2)21-25-15(24-20(22)27-21)11-31-19(30)16-13-7-3-4-8-14(13)32-18(16)26-17(29)12-6-5-9-23-10-12/h5-6,9-10H,3-4,7-8,11H2,1-2H3,(H,26,29)(H2,22,24,25,27). The summed E-state index contributed by atoms with van der Waals surface area (Å²) in [6, 6.07) is 3.35. The number of aryl methyl sites for hydroxylation is 1. The van der Waals surface area contributed by atoms with Crippen molar-refractivity contribution in [2.45, 2.75) is 32.3 Å². The van der Waals surface area contributed by atoms with E-state index in [0.717, 1.165) is 36.1 Å². The molecule has 1 aliphatic rings. The number of nitrogens with zero attached hydrogens (tertiary/aromatic N) is 5. The number of anilines is 3. The smallest absolute Gasteiger partial charge is 0.341 e. The zero-order valence-corrected chi connectivity index (χ0v) is 18.6. The number of pyridine rings is 1. The number of rotatable bonds is 6. The second-order valence-electron chi connectivity index (χ2n) is 7.49. The van der Waals surface area contributed by atoms with Gasteiger partial charge in [0.25, 0.3) is 5.91 Å². The topological polar surface area (TPSA) is 136 Å². The summed E-state index contributed by atoms with van der Waals surface area (Å²) < 4.78 is 5.53. The fourth-order valence-corrected chi connectivity index (χ4v) is 4.71. The van der Waals surface area contributed by atoms with E-state index in [9.17, 15) is 9.59 Å². The van der Waals surface area contributed by atoms with Crippen LogP contribution in [0.3, 0.4) is 0 Å². The van der Waals surface area contributed by atoms with Crippen LogP contribution in [-0.4, -0.2) is 45.9 Å². The van der Waals surface area contributed by atoms with Gasteiger partial charge in [0.05, 0.1) is 11.1 Å². The highest BCUT2D eigenvalue weighted by Crippen LogP contribution is 2.39. The molecule has 32 heavy (non-hydrogen) atoms. The molecule has 0 aliphatic heterocycles. The number of fused-ring (bicyclic) bond motifs is 1. The maximum absolute atomic E-state index is 13.1. The average Bonchev–Trinajstić information content (AvgIpc) is 3.15. The molecular weight excluding hydrogens is 430 g/mol. The molecule has 0 spiro atoms. The number of nitrogens with two attached hydrogens (primary N) is 1. The Bertz CT molecular complexity index is 1150. The minimum Gasteiger partial charge on any atom is -0.454 e. The van der Waals surface area contributed by atoms with Crippen LogP contribution in [0.25, 0.3) is 0 Å². The molecule has 10 nitrogen and oxygen atoms in total. The molecule has 11 heteroatoms. The van der Waals surface area contributed by atoms with Crippen molar-refractivity contribution >= 4 is 40.1 Å². The van der Waals surface area contributed by atoms with Gasteiger partial charge in [0.15, 0.2) is 12.4 Å². The molecule has 1 aliphatic carbocycles. The molecule has 0 bridgehead atoms. The quantitative estimate of drug-likeness (QED) is 0.539. The van der Waals surface area contributed by atoms with Crippen molar-refractivity contribution in [2.75, 3.05) is 30.0 Å². The molecule has 0 saturated carbocycles. The number of carbonyl (C=O) groups excluding carboxylic acids is 2. The Labute approximate surface area is 188 Å². The fraction of sp³-hybridized carbons (Fsp3) is 0.333. The van der Waals surface area contributed by atoms with Crippen LogP contribution in [-0.2, 0) is 24.2 Å². The predicted octanol–water partition coefficient (Wildman–Crippen LogP) is 2.46. The minimum atomic E-state index is -0.531. The molecule has 0 saturated heterocycles. The first kappa shape index (κ1) is 21.6. The maximum atomic E-state index is 13.1. The fourth-order valence-electron chi connectivity index (χ4n) is 3.43. The monoisotopic (exact) mass is 453 g/mol. The Morgan fingerprint density at radius 3 is 2.78 bits per heavy atom. The Morgan fingerprint density at radius 2 is 2.03 bits per heavy atom. The maximum Gasteiger partial charge on any atom is 0.341 e. The van der Waals surface area contributed by atoms with Gasteiger partial charge in [0.1, 0.15) is 5.00 Å². The van der Waals surface area contributed by atoms with Crippen LogP contribution in [0, 0.1) is 0 Å². The van der Waals surface area contributed by atoms with E-state index < -0.39 is 5.97 Å². The Balaban J connectivity index is 1.57. The lowest BCUT2D eigenvalue weighted by Gasteiger charge is -2.13. The molecular formula is C21H23N7O3S. The molecule has 166 valence electrons. The second kappa shape index (κ2) is 9.27. The third kappa shape index (κ3) is 4.67. The van der Waals surface area contributed by atoms with Crippen molar-refractivity contribution < 1.29 is 14.3 Å². The van der Waals surface area contributed by atoms with Gasteiger partial charge < -0.3 is 20.7 Å². The van der Waals surface area contributed by atoms with Crippen molar-refractivity contribution in [2.24, 2.45) is 0 Å². The van der Waals surface area contributed by atoms with Crippen molar-refractivity contribution in [3.05, 3.63) is 51.9 Å². The van der Waals surface area contributed by atoms with E-state index in [1.807, 2.05) is 0 Å². The zero-order valence-electron chi connectivity index (χ0n) is 17.8. The number of hydrogen-bond donors (Lipinski definition) is 2. The first-order valence-corrected chi connectivity index (χ1v) is 10.9. The summed E-state index contributed by atoms with van der Waals surface area (Å²) >= 11 is 1.42. The lowest BCUT2D eigenvalue weighted by Crippen LogP contribution is -2.18. The van der Waals surface area contributed by atoms with Gasteiger partial charge in [0, 0.05) is 31.4 Å². The van der Waals surface area contributed by atoms with Crippen molar-refractivity contribution in [3.63, 3.8) is 0 Å². The summed E-state index contributed by atoms with van der Waals surface area (Å²) in [5.74, 6) is -0.185. The summed E-state index contributed by atoms with van der Waals surface area (Å²) in [5, 5.41) is 3.35. The van der Waals surface area contributed by atoms with E-state index in [2.05, 4.69) is 25.3 Å². The van der Waals surface area contributed by atoms with E-state index in [-0.39, 0.29) is 24.3 Å². The highest BCUT2D eigenvalue weighted by molar-refractivity contribution is 7.17. The zero-order chi connectivity index (χ0) is 22.7. The number of hydrogen-bond acceptors (Lipinski definition) is 10. The van der Waals surface area contributed by atoms with Gasteiger partial charge in [-0.2, -0.15) is 15.0 Å². The van der Waals surface area contributed by atoms with Gasteiger partial charge in [-0.1, -0.05) is 0 Å². The number of thiophene rings is 1. The lowest BCUT2D eigenvalue weighted by molar-refractivity contribution is 0.0462. The number of nitrogen functional groups attached to an aromatic ring is 1. The number of esters is 1. The summed E-state index contributed by atoms with van der Waals surface area (Å²) in [7, 11) is 3.55. The van der Waals surface area contributed by atoms with Crippen LogP contribution < -0.4 is 16.0 Å². The Hall–Kier alpha value is -3.60. The van der Waals surface area contributed by atoms with Crippen molar-refractivity contribution in [3.8, 4) is 0 Å². The van der Waals surface area contributed by atoms with Crippen LogP contribution in [0.4, 0.5) is 16.9 Å². The minimum absolute atomic E-state index is 0.0482. The van der Waals surface area contributed by atoms with Crippen molar-refractivity contribution in [1.29, 1.82) is 0 Å². The van der Waals surface area contributed by atoms with Gasteiger partial charge in [-0.15, -0.1) is 11.3 Å². The largest absolute Gasteiger partial charge is 0.454 e. The normalized spacial score (nSPS) is 12.7. The third-order valence-electron chi connectivity index (χ3n) is 4.95. The predicted molar refractivity (Wildman–Crippen MR) is 121 cm³/mol. The molecule has 3 aromatic heterocycles. The van der Waals surface area contributed by atoms with Gasteiger partial charge >= 0.3 is 5.97 Å². The first-order valence-electron chi connectivity index (χ1n) is 10.1. The van der Waals surface area contributed by atoms with Crippen LogP contribution in [0.15, 0.2) is 24.5 Å². The van der Waals surface area contributed by atoms with E-state index in [1.165, 1.54) is 17.5 Å². The van der Waals surface area contributed by atoms with Gasteiger partial charge in [-0.3, -0.25) is 9.78 Å². The number of ether oxygens (including phenoxy) is 1. The van der Waals surface area contributed by atoms with Crippen molar-refractivity contribution in [1.82, 2.24) is 19.9 Å². The van der Waals surface area contributed by atoms with E-state index in [4.69, 9.17) is 10.5 Å². The summed E-state index contributed by atoms with van der Waals surface area (Å²) in [4.78, 5) is 44.9. The molecule has 0 radical (unpaired) electrons. The number of nitrogens with one attached hydrogen (secondary N) is 1. The van der Waals surface area contributed by atoms with Crippen LogP contribution >= 0.6 is 11.3 Å². The van der Waals surface area contributed by atoms with E-state index >= 15 is 0 Å². The highest BCUT2D eigenvalue weighted by atomic mass is 32.1. The molecule has 3 heterocycles. The summed E-state index contributed by atoms with van der Waals surface area (Å²) in [6.45, 7) is -0.160.